The summed E-state index contributed by atoms with van der Waals surface area (Å²) < 4.78 is 2.00. The molecule has 2 aromatic heterocycles. The summed E-state index contributed by atoms with van der Waals surface area (Å²) in [6, 6.07) is 4.35. The van der Waals surface area contributed by atoms with Crippen LogP contribution in [0.1, 0.15) is 29.9 Å². The van der Waals surface area contributed by atoms with E-state index in [1.807, 2.05) is 10.7 Å². The molecule has 3 heterocycles. The molecule has 3 rings (SSSR count). The van der Waals surface area contributed by atoms with Crippen molar-refractivity contribution in [1.82, 2.24) is 14.9 Å². The van der Waals surface area contributed by atoms with E-state index in [2.05, 4.69) is 35.7 Å². The zero-order valence-corrected chi connectivity index (χ0v) is 9.61. The molecule has 0 spiro atoms. The van der Waals surface area contributed by atoms with Crippen molar-refractivity contribution >= 4 is 5.52 Å². The third kappa shape index (κ3) is 1.61. The van der Waals surface area contributed by atoms with Gasteiger partial charge in [0.25, 0.3) is 0 Å². The van der Waals surface area contributed by atoms with Crippen LogP contribution in [0.4, 0.5) is 0 Å². The Hall–Kier alpha value is -1.35. The molecule has 0 bridgehead atoms. The Morgan fingerprint density at radius 1 is 1.44 bits per heavy atom. The van der Waals surface area contributed by atoms with Crippen LogP contribution in [-0.4, -0.2) is 22.7 Å². The predicted molar refractivity (Wildman–Crippen MR) is 64.8 cm³/mol. The predicted octanol–water partition coefficient (Wildman–Crippen LogP) is 2.11. The molecule has 0 amide bonds. The van der Waals surface area contributed by atoms with Gasteiger partial charge in [0.15, 0.2) is 0 Å². The zero-order valence-electron chi connectivity index (χ0n) is 9.61. The lowest BCUT2D eigenvalue weighted by Crippen LogP contribution is -2.28. The lowest BCUT2D eigenvalue weighted by Gasteiger charge is -2.21. The number of fused-ring (bicyclic) bond motifs is 1. The number of rotatable bonds is 1. The molecule has 16 heavy (non-hydrogen) atoms. The first-order valence-corrected chi connectivity index (χ1v) is 5.99. The van der Waals surface area contributed by atoms with Crippen LogP contribution >= 0.6 is 0 Å². The average molecular weight is 215 g/mol. The molecule has 0 saturated carbocycles. The highest BCUT2D eigenvalue weighted by atomic mass is 15.2. The topological polar surface area (TPSA) is 29.3 Å². The third-order valence-electron chi connectivity index (χ3n) is 3.43. The van der Waals surface area contributed by atoms with Gasteiger partial charge in [-0.15, -0.1) is 0 Å². The van der Waals surface area contributed by atoms with Crippen LogP contribution in [0.5, 0.6) is 0 Å². The molecule has 0 aromatic carbocycles. The molecule has 1 aliphatic heterocycles. The summed E-state index contributed by atoms with van der Waals surface area (Å²) in [4.78, 5) is 0. The van der Waals surface area contributed by atoms with E-state index in [1.165, 1.54) is 29.5 Å². The third-order valence-corrected chi connectivity index (χ3v) is 3.43. The first kappa shape index (κ1) is 9.85. The van der Waals surface area contributed by atoms with Crippen LogP contribution < -0.4 is 5.32 Å². The molecule has 2 aromatic rings. The van der Waals surface area contributed by atoms with Crippen molar-refractivity contribution in [3.63, 3.8) is 0 Å². The van der Waals surface area contributed by atoms with Crippen LogP contribution in [0, 0.1) is 6.92 Å². The fraction of sp³-hybridized carbons (Fsp3) is 0.462. The van der Waals surface area contributed by atoms with E-state index in [-0.39, 0.29) is 0 Å². The molecule has 3 heteroatoms. The molecule has 0 aliphatic carbocycles. The lowest BCUT2D eigenvalue weighted by molar-refractivity contribution is 0.463. The highest BCUT2D eigenvalue weighted by molar-refractivity contribution is 5.55. The van der Waals surface area contributed by atoms with Gasteiger partial charge in [0.1, 0.15) is 0 Å². The minimum Gasteiger partial charge on any atom is -0.316 e. The second-order valence-corrected chi connectivity index (χ2v) is 4.68. The Balaban J connectivity index is 2.03. The van der Waals surface area contributed by atoms with Gasteiger partial charge in [-0.3, -0.25) is 0 Å². The van der Waals surface area contributed by atoms with Crippen molar-refractivity contribution in [1.29, 1.82) is 0 Å². The maximum absolute atomic E-state index is 4.44. The lowest BCUT2D eigenvalue weighted by atomic mass is 9.92. The van der Waals surface area contributed by atoms with E-state index in [4.69, 9.17) is 0 Å². The number of hydrogen-bond acceptors (Lipinski definition) is 2. The van der Waals surface area contributed by atoms with Crippen molar-refractivity contribution < 1.29 is 0 Å². The highest BCUT2D eigenvalue weighted by Crippen LogP contribution is 2.26. The van der Waals surface area contributed by atoms with E-state index in [9.17, 15) is 0 Å². The normalized spacial score (nSPS) is 21.4. The maximum atomic E-state index is 4.44. The van der Waals surface area contributed by atoms with Gasteiger partial charge in [0.05, 0.1) is 11.7 Å². The standard InChI is InChI=1S/C13H17N3/c1-10-4-5-13-12(8-15-16(13)9-10)11-3-2-6-14-7-11/h4-5,8-9,11,14H,2-3,6-7H2,1H3. The summed E-state index contributed by atoms with van der Waals surface area (Å²) in [6.07, 6.45) is 6.68. The molecular weight excluding hydrogens is 198 g/mol. The summed E-state index contributed by atoms with van der Waals surface area (Å²) in [7, 11) is 0. The number of nitrogens with one attached hydrogen (secondary N) is 1. The van der Waals surface area contributed by atoms with Crippen molar-refractivity contribution in [2.45, 2.75) is 25.7 Å². The number of pyridine rings is 1. The van der Waals surface area contributed by atoms with Crippen molar-refractivity contribution in [3.05, 3.63) is 35.7 Å². The maximum Gasteiger partial charge on any atom is 0.0697 e. The minimum absolute atomic E-state index is 0.633. The van der Waals surface area contributed by atoms with Gasteiger partial charge in [-0.1, -0.05) is 6.07 Å². The van der Waals surface area contributed by atoms with Gasteiger partial charge in [-0.25, -0.2) is 4.52 Å². The molecule has 0 radical (unpaired) electrons. The number of aryl methyl sites for hydroxylation is 1. The SMILES string of the molecule is Cc1ccc2c(C3CCCNC3)cnn2c1. The largest absolute Gasteiger partial charge is 0.316 e. The fourth-order valence-electron chi connectivity index (χ4n) is 2.54. The van der Waals surface area contributed by atoms with E-state index in [0.29, 0.717) is 5.92 Å². The van der Waals surface area contributed by atoms with Crippen molar-refractivity contribution in [2.75, 3.05) is 13.1 Å². The Bertz CT molecular complexity index is 495. The monoisotopic (exact) mass is 215 g/mol. The van der Waals surface area contributed by atoms with Gasteiger partial charge in [-0.05, 0) is 37.9 Å². The van der Waals surface area contributed by atoms with E-state index in [1.54, 1.807) is 0 Å². The summed E-state index contributed by atoms with van der Waals surface area (Å²) in [5, 5.41) is 7.91. The Morgan fingerprint density at radius 2 is 2.38 bits per heavy atom. The van der Waals surface area contributed by atoms with Crippen molar-refractivity contribution in [3.8, 4) is 0 Å². The van der Waals surface area contributed by atoms with Crippen LogP contribution in [0.3, 0.4) is 0 Å². The molecule has 1 unspecified atom stereocenters. The zero-order chi connectivity index (χ0) is 11.0. The molecule has 1 N–H and O–H groups in total. The van der Waals surface area contributed by atoms with Crippen molar-refractivity contribution in [2.24, 2.45) is 0 Å². The second-order valence-electron chi connectivity index (χ2n) is 4.68. The molecule has 84 valence electrons. The first-order valence-electron chi connectivity index (χ1n) is 5.99. The van der Waals surface area contributed by atoms with Crippen LogP contribution in [0.15, 0.2) is 24.5 Å². The summed E-state index contributed by atoms with van der Waals surface area (Å²) in [6.45, 7) is 4.35. The number of hydrogen-bond donors (Lipinski definition) is 1. The minimum atomic E-state index is 0.633. The van der Waals surface area contributed by atoms with Gasteiger partial charge >= 0.3 is 0 Å². The Morgan fingerprint density at radius 3 is 3.19 bits per heavy atom. The van der Waals surface area contributed by atoms with Gasteiger partial charge in [-0.2, -0.15) is 5.10 Å². The van der Waals surface area contributed by atoms with E-state index in [0.717, 1.165) is 13.1 Å². The molecule has 3 nitrogen and oxygen atoms in total. The number of piperidine rings is 1. The van der Waals surface area contributed by atoms with Gasteiger partial charge in [0, 0.05) is 24.2 Å². The molecule has 1 atom stereocenters. The van der Waals surface area contributed by atoms with Crippen LogP contribution in [0.25, 0.3) is 5.52 Å². The highest BCUT2D eigenvalue weighted by Gasteiger charge is 2.18. The Kier molecular flexibility index (Phi) is 2.40. The van der Waals surface area contributed by atoms with E-state index < -0.39 is 0 Å². The first-order chi connectivity index (χ1) is 7.84. The molecule has 1 fully saturated rings. The smallest absolute Gasteiger partial charge is 0.0697 e. The van der Waals surface area contributed by atoms with E-state index >= 15 is 0 Å². The number of aromatic nitrogens is 2. The summed E-state index contributed by atoms with van der Waals surface area (Å²) in [5.74, 6) is 0.633. The number of nitrogens with zero attached hydrogens (tertiary/aromatic N) is 2. The van der Waals surface area contributed by atoms with Gasteiger partial charge < -0.3 is 5.32 Å². The molecular formula is C13H17N3. The average Bonchev–Trinajstić information content (AvgIpc) is 2.73. The summed E-state index contributed by atoms with van der Waals surface area (Å²) >= 11 is 0. The van der Waals surface area contributed by atoms with Crippen LogP contribution in [0.2, 0.25) is 0 Å². The van der Waals surface area contributed by atoms with Gasteiger partial charge in [0.2, 0.25) is 0 Å². The Labute approximate surface area is 95.5 Å². The fourth-order valence-corrected chi connectivity index (χ4v) is 2.54. The summed E-state index contributed by atoms with van der Waals surface area (Å²) in [5.41, 5.74) is 3.91. The molecule has 1 aliphatic rings. The van der Waals surface area contributed by atoms with Crippen LogP contribution in [-0.2, 0) is 0 Å². The quantitative estimate of drug-likeness (QED) is 0.789. The second kappa shape index (κ2) is 3.91. The molecule has 1 saturated heterocycles.